The molecule has 2 heterocycles. The molecular weight excluding hydrogens is 208 g/mol. The number of hydrogen-bond acceptors (Lipinski definition) is 4. The van der Waals surface area contributed by atoms with Crippen LogP contribution in [0.2, 0.25) is 0 Å². The van der Waals surface area contributed by atoms with E-state index in [1.54, 1.807) is 11.3 Å². The van der Waals surface area contributed by atoms with E-state index in [1.165, 1.54) is 0 Å². The molecule has 4 nitrogen and oxygen atoms in total. The summed E-state index contributed by atoms with van der Waals surface area (Å²) in [6.45, 7) is 4.49. The van der Waals surface area contributed by atoms with Gasteiger partial charge in [-0.2, -0.15) is 5.10 Å². The molecule has 13 heavy (non-hydrogen) atoms. The zero-order valence-corrected chi connectivity index (χ0v) is 9.08. The predicted molar refractivity (Wildman–Crippen MR) is 55.5 cm³/mol. The number of aromatic nitrogens is 3. The third-order valence-corrected chi connectivity index (χ3v) is 2.81. The summed E-state index contributed by atoms with van der Waals surface area (Å²) in [5.41, 5.74) is 7.61. The van der Waals surface area contributed by atoms with Gasteiger partial charge < -0.3 is 5.73 Å². The molecule has 0 amide bonds. The van der Waals surface area contributed by atoms with Crippen LogP contribution in [0.1, 0.15) is 16.4 Å². The van der Waals surface area contributed by atoms with Crippen LogP contribution in [0, 0.1) is 13.8 Å². The highest BCUT2D eigenvalue weighted by atomic mass is 35.5. The number of nitrogens with two attached hydrogens (primary N) is 1. The molecule has 2 N–H and O–H groups in total. The lowest BCUT2D eigenvalue weighted by Crippen LogP contribution is -1.97. The van der Waals surface area contributed by atoms with Crippen LogP contribution in [0.25, 0.3) is 4.96 Å². The lowest BCUT2D eigenvalue weighted by atomic mass is 10.4. The van der Waals surface area contributed by atoms with Crippen LogP contribution in [0.5, 0.6) is 0 Å². The molecule has 2 rings (SSSR count). The zero-order valence-electron chi connectivity index (χ0n) is 7.44. The van der Waals surface area contributed by atoms with Crippen molar-refractivity contribution in [1.82, 2.24) is 14.6 Å². The Labute approximate surface area is 86.2 Å². The molecule has 0 aliphatic heterocycles. The number of nitrogens with zero attached hydrogens (tertiary/aromatic N) is 3. The molecular formula is C7H11ClN4S. The average Bonchev–Trinajstić information content (AvgIpc) is 2.55. The van der Waals surface area contributed by atoms with Crippen molar-refractivity contribution < 1.29 is 0 Å². The summed E-state index contributed by atoms with van der Waals surface area (Å²) in [6.07, 6.45) is 0. The largest absolute Gasteiger partial charge is 0.324 e. The molecule has 0 saturated carbocycles. The Bertz CT molecular complexity index is 419. The highest BCUT2D eigenvalue weighted by molar-refractivity contribution is 7.16. The molecule has 0 aromatic carbocycles. The normalized spacial score (nSPS) is 10.4. The fraction of sp³-hybridized carbons (Fsp3) is 0.429. The maximum atomic E-state index is 5.47. The van der Waals surface area contributed by atoms with E-state index in [2.05, 4.69) is 10.1 Å². The summed E-state index contributed by atoms with van der Waals surface area (Å²) in [7, 11) is 0. The van der Waals surface area contributed by atoms with E-state index in [0.717, 1.165) is 21.4 Å². The molecule has 2 aromatic heterocycles. The number of rotatable bonds is 1. The van der Waals surface area contributed by atoms with E-state index in [0.29, 0.717) is 6.54 Å². The minimum atomic E-state index is 0. The molecule has 0 bridgehead atoms. The van der Waals surface area contributed by atoms with Gasteiger partial charge in [0.1, 0.15) is 5.01 Å². The van der Waals surface area contributed by atoms with E-state index in [1.807, 2.05) is 18.4 Å². The topological polar surface area (TPSA) is 56.2 Å². The number of aryl methyl sites for hydroxylation is 2. The van der Waals surface area contributed by atoms with Gasteiger partial charge in [-0.15, -0.1) is 12.4 Å². The smallest absolute Gasteiger partial charge is 0.212 e. The Hall–Kier alpha value is -0.650. The van der Waals surface area contributed by atoms with Crippen molar-refractivity contribution >= 4 is 28.7 Å². The van der Waals surface area contributed by atoms with E-state index in [9.17, 15) is 0 Å². The Balaban J connectivity index is 0.000000845. The van der Waals surface area contributed by atoms with Crippen molar-refractivity contribution in [2.75, 3.05) is 0 Å². The summed E-state index contributed by atoms with van der Waals surface area (Å²) in [5.74, 6) is 0. The van der Waals surface area contributed by atoms with E-state index in [-0.39, 0.29) is 12.4 Å². The molecule has 6 heteroatoms. The Morgan fingerprint density at radius 3 is 2.69 bits per heavy atom. The van der Waals surface area contributed by atoms with Crippen LogP contribution in [-0.4, -0.2) is 14.6 Å². The molecule has 0 aliphatic carbocycles. The Kier molecular flexibility index (Phi) is 2.90. The van der Waals surface area contributed by atoms with Gasteiger partial charge in [0, 0.05) is 6.54 Å². The third-order valence-electron chi connectivity index (χ3n) is 1.88. The second-order valence-corrected chi connectivity index (χ2v) is 3.72. The Morgan fingerprint density at radius 2 is 2.15 bits per heavy atom. The van der Waals surface area contributed by atoms with Crippen LogP contribution in [0.4, 0.5) is 0 Å². The third kappa shape index (κ3) is 1.54. The van der Waals surface area contributed by atoms with Gasteiger partial charge in [0.2, 0.25) is 4.96 Å². The van der Waals surface area contributed by atoms with Gasteiger partial charge in [0.05, 0.1) is 11.4 Å². The lowest BCUT2D eigenvalue weighted by Gasteiger charge is -1.87. The number of halogens is 1. The molecule has 72 valence electrons. The fourth-order valence-corrected chi connectivity index (χ4v) is 1.94. The van der Waals surface area contributed by atoms with E-state index < -0.39 is 0 Å². The highest BCUT2D eigenvalue weighted by Gasteiger charge is 2.08. The quantitative estimate of drug-likeness (QED) is 0.785. The Morgan fingerprint density at radius 1 is 1.46 bits per heavy atom. The zero-order chi connectivity index (χ0) is 8.72. The van der Waals surface area contributed by atoms with Gasteiger partial charge in [0.15, 0.2) is 0 Å². The monoisotopic (exact) mass is 218 g/mol. The number of imidazole rings is 1. The minimum Gasteiger partial charge on any atom is -0.324 e. The van der Waals surface area contributed by atoms with Crippen molar-refractivity contribution in [2.24, 2.45) is 5.73 Å². The van der Waals surface area contributed by atoms with Gasteiger partial charge in [0.25, 0.3) is 0 Å². The average molecular weight is 219 g/mol. The molecule has 0 fully saturated rings. The second kappa shape index (κ2) is 3.61. The van der Waals surface area contributed by atoms with Crippen molar-refractivity contribution in [3.63, 3.8) is 0 Å². The van der Waals surface area contributed by atoms with Crippen molar-refractivity contribution in [3.8, 4) is 0 Å². The van der Waals surface area contributed by atoms with E-state index in [4.69, 9.17) is 5.73 Å². The number of hydrogen-bond donors (Lipinski definition) is 1. The van der Waals surface area contributed by atoms with Crippen LogP contribution in [0.15, 0.2) is 0 Å². The standard InChI is InChI=1S/C7H10N4S.ClH/c1-4-5(2)11-7(9-4)12-6(3-8)10-11;/h3,8H2,1-2H3;1H. The van der Waals surface area contributed by atoms with Crippen LogP contribution in [0.3, 0.4) is 0 Å². The molecule has 0 unspecified atom stereocenters. The predicted octanol–water partition coefficient (Wildman–Crippen LogP) is 1.29. The van der Waals surface area contributed by atoms with Crippen LogP contribution >= 0.6 is 23.7 Å². The molecule has 0 radical (unpaired) electrons. The van der Waals surface area contributed by atoms with Crippen molar-refractivity contribution in [2.45, 2.75) is 20.4 Å². The summed E-state index contributed by atoms with van der Waals surface area (Å²) < 4.78 is 1.85. The van der Waals surface area contributed by atoms with Gasteiger partial charge >= 0.3 is 0 Å². The first kappa shape index (κ1) is 10.4. The lowest BCUT2D eigenvalue weighted by molar-refractivity contribution is 0.868. The van der Waals surface area contributed by atoms with Crippen molar-refractivity contribution in [3.05, 3.63) is 16.4 Å². The molecule has 0 saturated heterocycles. The highest BCUT2D eigenvalue weighted by Crippen LogP contribution is 2.16. The van der Waals surface area contributed by atoms with Crippen LogP contribution in [-0.2, 0) is 6.54 Å². The van der Waals surface area contributed by atoms with E-state index >= 15 is 0 Å². The molecule has 0 aliphatic rings. The second-order valence-electron chi connectivity index (χ2n) is 2.68. The molecule has 0 atom stereocenters. The SMILES string of the molecule is Cc1nc2sc(CN)nn2c1C.Cl. The van der Waals surface area contributed by atoms with Crippen LogP contribution < -0.4 is 5.73 Å². The first-order chi connectivity index (χ1) is 5.72. The maximum Gasteiger partial charge on any atom is 0.212 e. The summed E-state index contributed by atoms with van der Waals surface area (Å²) >= 11 is 1.55. The van der Waals surface area contributed by atoms with Gasteiger partial charge in [-0.3, -0.25) is 0 Å². The minimum absolute atomic E-state index is 0. The van der Waals surface area contributed by atoms with Gasteiger partial charge in [-0.05, 0) is 13.8 Å². The van der Waals surface area contributed by atoms with Gasteiger partial charge in [-0.1, -0.05) is 11.3 Å². The first-order valence-electron chi connectivity index (χ1n) is 3.74. The van der Waals surface area contributed by atoms with Crippen molar-refractivity contribution in [1.29, 1.82) is 0 Å². The molecule has 0 spiro atoms. The molecule has 2 aromatic rings. The summed E-state index contributed by atoms with van der Waals surface area (Å²) in [4.78, 5) is 5.28. The summed E-state index contributed by atoms with van der Waals surface area (Å²) in [6, 6.07) is 0. The first-order valence-corrected chi connectivity index (χ1v) is 4.55. The maximum absolute atomic E-state index is 5.47. The number of fused-ring (bicyclic) bond motifs is 1. The summed E-state index contributed by atoms with van der Waals surface area (Å²) in [5, 5.41) is 5.23. The fourth-order valence-electron chi connectivity index (χ4n) is 1.07. The van der Waals surface area contributed by atoms with Gasteiger partial charge in [-0.25, -0.2) is 9.50 Å².